The van der Waals surface area contributed by atoms with E-state index in [0.29, 0.717) is 6.07 Å². The van der Waals surface area contributed by atoms with Crippen molar-refractivity contribution < 1.29 is 22.7 Å². The topological polar surface area (TPSA) is 33.1 Å². The number of halogens is 4. The van der Waals surface area contributed by atoms with Gasteiger partial charge >= 0.3 is 0 Å². The maximum absolute atomic E-state index is 12.4. The molecule has 0 aromatic carbocycles. The van der Waals surface area contributed by atoms with E-state index in [9.17, 15) is 17.6 Å². The van der Waals surface area contributed by atoms with Gasteiger partial charge in [-0.25, -0.2) is 18.2 Å². The third-order valence-electron chi connectivity index (χ3n) is 1.43. The molecule has 0 saturated carbocycles. The average Bonchev–Trinajstić information content (AvgIpc) is 2.08. The third kappa shape index (κ3) is 1.95. The number of nitrogens with zero attached hydrogens (tertiary/aromatic N) is 1. The first-order valence-corrected chi connectivity index (χ1v) is 3.30. The quantitative estimate of drug-likeness (QED) is 0.576. The zero-order valence-electron chi connectivity index (χ0n) is 6.27. The van der Waals surface area contributed by atoms with Crippen LogP contribution in [0.25, 0.3) is 0 Å². The van der Waals surface area contributed by atoms with Crippen LogP contribution in [0.15, 0.2) is 6.07 Å². The molecule has 0 spiro atoms. The molecule has 72 valence electrons. The van der Waals surface area contributed by atoms with E-state index in [1.165, 1.54) is 0 Å². The van der Waals surface area contributed by atoms with Gasteiger partial charge < -0.3 is 5.11 Å². The molecule has 0 saturated heterocycles. The van der Waals surface area contributed by atoms with Gasteiger partial charge in [0.1, 0.15) is 0 Å². The van der Waals surface area contributed by atoms with E-state index in [2.05, 4.69) is 4.98 Å². The zero-order valence-corrected chi connectivity index (χ0v) is 6.27. The minimum absolute atomic E-state index is 0.332. The van der Waals surface area contributed by atoms with E-state index < -0.39 is 36.1 Å². The Morgan fingerprint density at radius 2 is 2.00 bits per heavy atom. The van der Waals surface area contributed by atoms with E-state index in [-0.39, 0.29) is 0 Å². The number of rotatable bonds is 2. The lowest BCUT2D eigenvalue weighted by Crippen LogP contribution is -2.03. The molecule has 6 heteroatoms. The Bertz CT molecular complexity index is 316. The first kappa shape index (κ1) is 9.91. The van der Waals surface area contributed by atoms with Crippen molar-refractivity contribution in [3.8, 4) is 0 Å². The maximum atomic E-state index is 12.4. The molecule has 1 rings (SSSR count). The summed E-state index contributed by atoms with van der Waals surface area (Å²) in [6.45, 7) is -0.850. The molecule has 1 heterocycles. The molecule has 0 fully saturated rings. The molecule has 2 nitrogen and oxygen atoms in total. The van der Waals surface area contributed by atoms with E-state index in [1.807, 2.05) is 0 Å². The molecular formula is C7H5F4NO. The van der Waals surface area contributed by atoms with Gasteiger partial charge in [-0.15, -0.1) is 0 Å². The van der Waals surface area contributed by atoms with Gasteiger partial charge in [-0.05, 0) is 6.07 Å². The molecule has 0 unspecified atom stereocenters. The van der Waals surface area contributed by atoms with Crippen LogP contribution in [0.3, 0.4) is 0 Å². The minimum Gasteiger partial charge on any atom is -0.390 e. The smallest absolute Gasteiger partial charge is 0.265 e. The third-order valence-corrected chi connectivity index (χ3v) is 1.43. The number of hydrogen-bond acceptors (Lipinski definition) is 2. The second kappa shape index (κ2) is 3.69. The summed E-state index contributed by atoms with van der Waals surface area (Å²) in [6.07, 6.45) is -2.98. The lowest BCUT2D eigenvalue weighted by atomic mass is 10.2. The monoisotopic (exact) mass is 195 g/mol. The Morgan fingerprint density at radius 1 is 1.38 bits per heavy atom. The highest BCUT2D eigenvalue weighted by Gasteiger charge is 2.17. The van der Waals surface area contributed by atoms with Gasteiger partial charge in [-0.1, -0.05) is 0 Å². The molecule has 0 aliphatic carbocycles. The predicted molar refractivity (Wildman–Crippen MR) is 35.0 cm³/mol. The van der Waals surface area contributed by atoms with Crippen LogP contribution in [0.4, 0.5) is 17.6 Å². The van der Waals surface area contributed by atoms with Crippen LogP contribution in [-0.2, 0) is 6.61 Å². The fourth-order valence-electron chi connectivity index (χ4n) is 0.831. The molecule has 0 radical (unpaired) electrons. The summed E-state index contributed by atoms with van der Waals surface area (Å²) in [5.41, 5.74) is -1.34. The summed E-state index contributed by atoms with van der Waals surface area (Å²) < 4.78 is 48.9. The highest BCUT2D eigenvalue weighted by Crippen LogP contribution is 2.23. The molecular weight excluding hydrogens is 190 g/mol. The van der Waals surface area contributed by atoms with E-state index in [1.54, 1.807) is 0 Å². The van der Waals surface area contributed by atoms with Crippen molar-refractivity contribution in [1.29, 1.82) is 0 Å². The summed E-state index contributed by atoms with van der Waals surface area (Å²) in [6, 6.07) is 0.332. The first-order chi connectivity index (χ1) is 6.06. The highest BCUT2D eigenvalue weighted by molar-refractivity contribution is 5.21. The SMILES string of the molecule is OCc1nc(F)c(F)cc1C(F)F. The Labute approximate surface area is 70.8 Å². The Kier molecular flexibility index (Phi) is 2.82. The predicted octanol–water partition coefficient (Wildman–Crippen LogP) is 1.79. The molecule has 0 atom stereocenters. The lowest BCUT2D eigenvalue weighted by molar-refractivity contribution is 0.145. The Hall–Kier alpha value is -1.17. The Morgan fingerprint density at radius 3 is 2.46 bits per heavy atom. The number of alkyl halides is 2. The summed E-state index contributed by atoms with van der Waals surface area (Å²) in [7, 11) is 0. The second-order valence-corrected chi connectivity index (χ2v) is 2.26. The van der Waals surface area contributed by atoms with Crippen LogP contribution < -0.4 is 0 Å². The van der Waals surface area contributed by atoms with Crippen LogP contribution in [0.5, 0.6) is 0 Å². The van der Waals surface area contributed by atoms with Gasteiger partial charge in [0.25, 0.3) is 6.43 Å². The normalized spacial score (nSPS) is 10.9. The Balaban J connectivity index is 3.25. The van der Waals surface area contributed by atoms with Crippen LogP contribution in [0.1, 0.15) is 17.7 Å². The molecule has 13 heavy (non-hydrogen) atoms. The van der Waals surface area contributed by atoms with Crippen LogP contribution >= 0.6 is 0 Å². The number of pyridine rings is 1. The van der Waals surface area contributed by atoms with E-state index in [4.69, 9.17) is 5.11 Å². The average molecular weight is 195 g/mol. The van der Waals surface area contributed by atoms with Crippen molar-refractivity contribution in [2.24, 2.45) is 0 Å². The van der Waals surface area contributed by atoms with Crippen molar-refractivity contribution in [3.63, 3.8) is 0 Å². The van der Waals surface area contributed by atoms with E-state index in [0.717, 1.165) is 0 Å². The minimum atomic E-state index is -2.98. The van der Waals surface area contributed by atoms with Crippen LogP contribution in [-0.4, -0.2) is 10.1 Å². The first-order valence-electron chi connectivity index (χ1n) is 3.30. The number of aliphatic hydroxyl groups is 1. The maximum Gasteiger partial charge on any atom is 0.265 e. The largest absolute Gasteiger partial charge is 0.390 e. The van der Waals surface area contributed by atoms with E-state index >= 15 is 0 Å². The van der Waals surface area contributed by atoms with Crippen molar-refractivity contribution in [2.45, 2.75) is 13.0 Å². The second-order valence-electron chi connectivity index (χ2n) is 2.26. The molecule has 1 aromatic rings. The van der Waals surface area contributed by atoms with Crippen LogP contribution in [0.2, 0.25) is 0 Å². The number of hydrogen-bond donors (Lipinski definition) is 1. The standard InChI is InChI=1S/C7H5F4NO/c8-4-1-3(6(9)10)5(2-13)12-7(4)11/h1,6,13H,2H2. The van der Waals surface area contributed by atoms with Gasteiger partial charge in [0.15, 0.2) is 5.82 Å². The molecule has 0 bridgehead atoms. The van der Waals surface area contributed by atoms with Crippen molar-refractivity contribution in [1.82, 2.24) is 4.98 Å². The van der Waals surface area contributed by atoms with Crippen molar-refractivity contribution >= 4 is 0 Å². The number of aromatic nitrogens is 1. The fourth-order valence-corrected chi connectivity index (χ4v) is 0.831. The molecule has 1 aromatic heterocycles. The number of aliphatic hydroxyl groups excluding tert-OH is 1. The summed E-state index contributed by atoms with van der Waals surface area (Å²) in [4.78, 5) is 2.84. The van der Waals surface area contributed by atoms with Gasteiger partial charge in [0.05, 0.1) is 12.3 Å². The molecule has 0 aliphatic heterocycles. The lowest BCUT2D eigenvalue weighted by Gasteiger charge is -2.05. The van der Waals surface area contributed by atoms with Gasteiger partial charge in [0.2, 0.25) is 5.95 Å². The van der Waals surface area contributed by atoms with Gasteiger partial charge in [-0.2, -0.15) is 4.39 Å². The summed E-state index contributed by atoms with van der Waals surface area (Å²) >= 11 is 0. The highest BCUT2D eigenvalue weighted by atomic mass is 19.3. The van der Waals surface area contributed by atoms with Gasteiger partial charge in [-0.3, -0.25) is 0 Å². The summed E-state index contributed by atoms with van der Waals surface area (Å²) in [5.74, 6) is -2.94. The van der Waals surface area contributed by atoms with Crippen molar-refractivity contribution in [3.05, 3.63) is 29.1 Å². The molecule has 0 aliphatic rings. The zero-order chi connectivity index (χ0) is 10.0. The molecule has 0 amide bonds. The van der Waals surface area contributed by atoms with Gasteiger partial charge in [0, 0.05) is 5.56 Å². The molecule has 1 N–H and O–H groups in total. The summed E-state index contributed by atoms with van der Waals surface area (Å²) in [5, 5.41) is 8.50. The fraction of sp³-hybridized carbons (Fsp3) is 0.286. The van der Waals surface area contributed by atoms with Crippen LogP contribution in [0, 0.1) is 11.8 Å². The van der Waals surface area contributed by atoms with Crippen molar-refractivity contribution in [2.75, 3.05) is 0 Å².